The van der Waals surface area contributed by atoms with Crippen LogP contribution in [0.15, 0.2) is 47.5 Å². The van der Waals surface area contributed by atoms with Crippen molar-refractivity contribution in [1.29, 1.82) is 0 Å². The second-order valence-electron chi connectivity index (χ2n) is 18.4. The van der Waals surface area contributed by atoms with E-state index in [4.69, 9.17) is 16.2 Å². The summed E-state index contributed by atoms with van der Waals surface area (Å²) < 4.78 is 5.86. The highest BCUT2D eigenvalue weighted by Crippen LogP contribution is 2.54. The third-order valence-electron chi connectivity index (χ3n) is 14.4. The molecule has 6 aliphatic rings. The van der Waals surface area contributed by atoms with Crippen molar-refractivity contribution < 1.29 is 69.2 Å². The molecule has 0 aliphatic heterocycles. The summed E-state index contributed by atoms with van der Waals surface area (Å²) in [6.07, 6.45) is -0.200. The van der Waals surface area contributed by atoms with Crippen LogP contribution in [0.25, 0.3) is 11.5 Å². The van der Waals surface area contributed by atoms with Gasteiger partial charge in [-0.25, -0.2) is 0 Å². The van der Waals surface area contributed by atoms with Crippen LogP contribution in [-0.2, 0) is 41.6 Å². The van der Waals surface area contributed by atoms with Crippen LogP contribution >= 0.6 is 0 Å². The van der Waals surface area contributed by atoms with Gasteiger partial charge in [0.1, 0.15) is 34.9 Å². The van der Waals surface area contributed by atoms with E-state index in [0.29, 0.717) is 36.3 Å². The molecule has 0 spiro atoms. The average molecular weight is 889 g/mol. The molecule has 4 saturated carbocycles. The minimum absolute atomic E-state index is 0.0387. The van der Waals surface area contributed by atoms with Crippen LogP contribution in [-0.4, -0.2) is 151 Å². The Bertz CT molecular complexity index is 2390. The molecule has 2 aromatic carbocycles. The molecule has 0 saturated heterocycles. The number of phenols is 1. The number of benzene rings is 2. The van der Waals surface area contributed by atoms with Gasteiger partial charge in [-0.1, -0.05) is 37.6 Å². The first-order valence-electron chi connectivity index (χ1n) is 21.4. The number of hydrogen-bond acceptors (Lipinski definition) is 16. The lowest BCUT2D eigenvalue weighted by molar-refractivity contribution is -0.185. The van der Waals surface area contributed by atoms with Gasteiger partial charge >= 0.3 is 0 Å². The number of ketones is 4. The van der Waals surface area contributed by atoms with Crippen molar-refractivity contribution in [2.24, 2.45) is 47.0 Å². The van der Waals surface area contributed by atoms with Gasteiger partial charge in [-0.15, -0.1) is 0 Å². The van der Waals surface area contributed by atoms with E-state index in [1.165, 1.54) is 6.07 Å². The molecule has 64 heavy (non-hydrogen) atoms. The predicted octanol–water partition coefficient (Wildman–Crippen LogP) is -0.269. The van der Waals surface area contributed by atoms with E-state index >= 15 is 0 Å². The summed E-state index contributed by atoms with van der Waals surface area (Å²) in [5.74, 6) is -13.5. The number of carbonyl (C=O) groups is 6. The van der Waals surface area contributed by atoms with Crippen LogP contribution in [0, 0.1) is 35.5 Å². The molecule has 0 radical (unpaired) electrons. The third kappa shape index (κ3) is 6.84. The van der Waals surface area contributed by atoms with Crippen molar-refractivity contribution in [3.05, 3.63) is 69.8 Å². The van der Waals surface area contributed by atoms with E-state index in [-0.39, 0.29) is 41.1 Å². The number of unbranched alkanes of at least 4 members (excludes halogenated alkanes) is 1. The van der Waals surface area contributed by atoms with Crippen molar-refractivity contribution >= 4 is 46.5 Å². The van der Waals surface area contributed by atoms with Crippen molar-refractivity contribution in [1.82, 2.24) is 9.80 Å². The summed E-state index contributed by atoms with van der Waals surface area (Å²) in [7, 11) is 6.52. The maximum Gasteiger partial charge on any atom is 0.230 e. The molecule has 2 aromatic rings. The highest BCUT2D eigenvalue weighted by Gasteiger charge is 2.69. The van der Waals surface area contributed by atoms with E-state index in [1.807, 2.05) is 19.1 Å². The molecule has 18 heteroatoms. The SMILES string of the molecule is CCCCOc1cccc2c1C(O)=C1C(=O)[C@]3(O)C(=O)C(C(N)=O)C(O)[C@@H](N(C)C)[C@@H]3C[C@@H]1C2.CN(C)[C@@H]1C(O)C(C(N)=O)C(=O)[C@@]2(O)C(=O)C3=C(O)c4c(O)cccc4C[C@H]3C[C@@H]12. The number of amides is 2. The first-order chi connectivity index (χ1) is 30.1. The zero-order valence-electron chi connectivity index (χ0n) is 36.2. The first-order valence-corrected chi connectivity index (χ1v) is 21.4. The van der Waals surface area contributed by atoms with E-state index in [9.17, 15) is 64.5 Å². The molecular formula is C46H56N4O14. The Kier molecular flexibility index (Phi) is 12.2. The number of primary amides is 2. The Morgan fingerprint density at radius 3 is 1.55 bits per heavy atom. The number of aromatic hydroxyl groups is 1. The number of nitrogens with two attached hydrogens (primary N) is 2. The Hall–Kier alpha value is -5.50. The number of likely N-dealkylation sites (N-methyl/N-ethyl adjacent to an activating group) is 2. The van der Waals surface area contributed by atoms with E-state index in [1.54, 1.807) is 56.2 Å². The topological polar surface area (TPSA) is 312 Å². The number of nitrogens with zero attached hydrogens (tertiary/aromatic N) is 2. The van der Waals surface area contributed by atoms with Gasteiger partial charge in [0.05, 0.1) is 29.9 Å². The van der Waals surface area contributed by atoms with Gasteiger partial charge in [0.25, 0.3) is 0 Å². The molecule has 6 aliphatic carbocycles. The Balaban J connectivity index is 0.000000193. The number of aliphatic hydroxyl groups excluding tert-OH is 4. The summed E-state index contributed by atoms with van der Waals surface area (Å²) in [5.41, 5.74) is 7.27. The molecule has 0 heterocycles. The number of ether oxygens (including phenoxy) is 1. The average Bonchev–Trinajstić information content (AvgIpc) is 3.20. The second kappa shape index (κ2) is 16.8. The highest BCUT2D eigenvalue weighted by atomic mass is 16.5. The molecule has 0 aromatic heterocycles. The van der Waals surface area contributed by atoms with Crippen LogP contribution in [0.5, 0.6) is 11.5 Å². The van der Waals surface area contributed by atoms with Gasteiger partial charge in [0, 0.05) is 35.1 Å². The van der Waals surface area contributed by atoms with Gasteiger partial charge < -0.3 is 61.7 Å². The molecule has 0 bridgehead atoms. The number of aliphatic hydroxyl groups is 6. The summed E-state index contributed by atoms with van der Waals surface area (Å²) >= 11 is 0. The smallest absolute Gasteiger partial charge is 0.230 e. The summed E-state index contributed by atoms with van der Waals surface area (Å²) in [6, 6.07) is 8.36. The van der Waals surface area contributed by atoms with Crippen LogP contribution in [0.4, 0.5) is 0 Å². The normalized spacial score (nSPS) is 34.2. The molecule has 4 fully saturated rings. The number of hydrogen-bond donors (Lipinski definition) is 9. The fourth-order valence-electron chi connectivity index (χ4n) is 11.5. The lowest BCUT2D eigenvalue weighted by Crippen LogP contribution is -2.73. The van der Waals surface area contributed by atoms with Crippen molar-refractivity contribution in [2.45, 2.75) is 80.9 Å². The van der Waals surface area contributed by atoms with Crippen LogP contribution in [0.2, 0.25) is 0 Å². The van der Waals surface area contributed by atoms with Crippen LogP contribution in [0.1, 0.15) is 54.9 Å². The monoisotopic (exact) mass is 888 g/mol. The van der Waals surface area contributed by atoms with Crippen molar-refractivity contribution in [2.75, 3.05) is 34.8 Å². The summed E-state index contributed by atoms with van der Waals surface area (Å²) in [4.78, 5) is 80.8. The van der Waals surface area contributed by atoms with E-state index in [0.717, 1.165) is 18.4 Å². The number of fused-ring (bicyclic) bond motifs is 6. The molecule has 4 unspecified atom stereocenters. The lowest BCUT2D eigenvalue weighted by Gasteiger charge is -2.53. The number of carbonyl (C=O) groups excluding carboxylic acids is 6. The fraction of sp³-hybridized carbons (Fsp3) is 0.522. The number of rotatable bonds is 8. The van der Waals surface area contributed by atoms with E-state index in [2.05, 4.69) is 0 Å². The van der Waals surface area contributed by atoms with Crippen LogP contribution < -0.4 is 16.2 Å². The quantitative estimate of drug-likeness (QED) is 0.122. The highest BCUT2D eigenvalue weighted by molar-refractivity contribution is 6.26. The Labute approximate surface area is 368 Å². The first kappa shape index (κ1) is 46.5. The fourth-order valence-corrected chi connectivity index (χ4v) is 11.5. The lowest BCUT2D eigenvalue weighted by atomic mass is 9.54. The molecular weight excluding hydrogens is 833 g/mol. The van der Waals surface area contributed by atoms with Crippen molar-refractivity contribution in [3.8, 4) is 11.5 Å². The van der Waals surface area contributed by atoms with Gasteiger partial charge in [-0.2, -0.15) is 0 Å². The molecule has 2 amide bonds. The van der Waals surface area contributed by atoms with Gasteiger partial charge in [-0.05, 0) is 95.4 Å². The summed E-state index contributed by atoms with van der Waals surface area (Å²) in [5, 5.41) is 76.9. The molecule has 8 rings (SSSR count). The third-order valence-corrected chi connectivity index (χ3v) is 14.4. The molecule has 18 nitrogen and oxygen atoms in total. The Morgan fingerprint density at radius 1 is 0.703 bits per heavy atom. The van der Waals surface area contributed by atoms with Gasteiger partial charge in [0.15, 0.2) is 22.8 Å². The zero-order valence-corrected chi connectivity index (χ0v) is 36.2. The Morgan fingerprint density at radius 2 is 1.12 bits per heavy atom. The molecule has 11 N–H and O–H groups in total. The maximum atomic E-state index is 13.8. The standard InChI is InChI=1S/C25H32N2O7.C21H24N2O7/c1-4-5-9-34-15-8-6-7-12-10-13-11-14-19(27(2)3)21(29)18(24(26)32)23(31)25(14,33)22(30)17(13)20(28)16(12)15;1-23(2)15-10-7-9-6-8-4-3-5-11(24)12(8)16(25)13(9)18(27)21(10,30)19(28)14(17(15)26)20(22)29/h6-8,13-14,18-19,21,28-29,33H,4-5,9-11H2,1-3H3,(H2,26,32);3-5,9-10,14-15,17,24-26,30H,6-7H2,1-2H3,(H2,22,29)/t13-,14-,18?,19-,21?,25-;9-,10-,14?,15-,17?,21-/m00/s1. The number of phenolic OH excluding ortho intramolecular Hbond substituents is 1. The zero-order chi connectivity index (χ0) is 47.1. The van der Waals surface area contributed by atoms with Gasteiger partial charge in [-0.3, -0.25) is 28.8 Å². The summed E-state index contributed by atoms with van der Waals surface area (Å²) in [6.45, 7) is 2.48. The molecule has 12 atom stereocenters. The van der Waals surface area contributed by atoms with Gasteiger partial charge in [0.2, 0.25) is 23.4 Å². The second-order valence-corrected chi connectivity index (χ2v) is 18.4. The minimum Gasteiger partial charge on any atom is -0.507 e. The van der Waals surface area contributed by atoms with Crippen molar-refractivity contribution in [3.63, 3.8) is 0 Å². The largest absolute Gasteiger partial charge is 0.507 e. The molecule has 344 valence electrons. The van der Waals surface area contributed by atoms with Crippen LogP contribution in [0.3, 0.4) is 0 Å². The maximum absolute atomic E-state index is 13.8. The predicted molar refractivity (Wildman–Crippen MR) is 227 cm³/mol. The minimum atomic E-state index is -2.62. The van der Waals surface area contributed by atoms with E-state index < -0.39 is 112 Å². The number of Topliss-reactive ketones (excluding diaryl/α,β-unsaturated/α-hetero) is 4.